The van der Waals surface area contributed by atoms with E-state index < -0.39 is 0 Å². The monoisotopic (exact) mass is 288 g/mol. The second-order valence-corrected chi connectivity index (χ2v) is 5.62. The highest BCUT2D eigenvalue weighted by Crippen LogP contribution is 2.23. The molecule has 3 rings (SSSR count). The Balaban J connectivity index is 1.49. The highest BCUT2D eigenvalue weighted by Gasteiger charge is 2.33. The van der Waals surface area contributed by atoms with E-state index in [2.05, 4.69) is 10.1 Å². The number of likely N-dealkylation sites (tertiary alicyclic amines) is 1. The molecule has 0 bridgehead atoms. The number of carbonyl (C=O) groups is 1. The van der Waals surface area contributed by atoms with Crippen molar-refractivity contribution < 1.29 is 9.21 Å². The average molecular weight is 288 g/mol. The number of amides is 1. The third-order valence-corrected chi connectivity index (χ3v) is 3.85. The molecule has 21 heavy (non-hydrogen) atoms. The Bertz CT molecular complexity index is 652. The molecule has 6 heteroatoms. The van der Waals surface area contributed by atoms with Crippen molar-refractivity contribution in [1.29, 1.82) is 0 Å². The normalized spacial score (nSPS) is 15.3. The standard InChI is InChI=1S/C15H20N4O2/c1-10-4-5-14(21-10)6-7-15(20)18-8-13(9-18)19-12(3)16-11(2)17-19/h4-5,13H,6-9H2,1-3H3. The Hall–Kier alpha value is -2.11. The zero-order valence-corrected chi connectivity index (χ0v) is 12.7. The zero-order valence-electron chi connectivity index (χ0n) is 12.7. The van der Waals surface area contributed by atoms with Gasteiger partial charge in [-0.15, -0.1) is 0 Å². The number of hydrogen-bond acceptors (Lipinski definition) is 4. The van der Waals surface area contributed by atoms with Crippen molar-refractivity contribution in [2.24, 2.45) is 0 Å². The first-order valence-electron chi connectivity index (χ1n) is 7.26. The van der Waals surface area contributed by atoms with E-state index >= 15 is 0 Å². The fourth-order valence-corrected chi connectivity index (χ4v) is 2.70. The molecule has 3 heterocycles. The molecule has 0 N–H and O–H groups in total. The van der Waals surface area contributed by atoms with Crippen LogP contribution in [0.1, 0.15) is 35.6 Å². The quantitative estimate of drug-likeness (QED) is 0.860. The molecule has 0 saturated carbocycles. The lowest BCUT2D eigenvalue weighted by molar-refractivity contribution is -0.137. The Morgan fingerprint density at radius 2 is 2.10 bits per heavy atom. The van der Waals surface area contributed by atoms with E-state index in [0.29, 0.717) is 12.8 Å². The Morgan fingerprint density at radius 1 is 1.33 bits per heavy atom. The van der Waals surface area contributed by atoms with Gasteiger partial charge < -0.3 is 9.32 Å². The Kier molecular flexibility index (Phi) is 3.53. The third kappa shape index (κ3) is 2.84. The van der Waals surface area contributed by atoms with Gasteiger partial charge >= 0.3 is 0 Å². The Morgan fingerprint density at radius 3 is 2.67 bits per heavy atom. The molecule has 112 valence electrons. The number of hydrogen-bond donors (Lipinski definition) is 0. The van der Waals surface area contributed by atoms with Crippen LogP contribution in [0.5, 0.6) is 0 Å². The average Bonchev–Trinajstić information content (AvgIpc) is 2.92. The van der Waals surface area contributed by atoms with E-state index in [9.17, 15) is 4.79 Å². The van der Waals surface area contributed by atoms with E-state index in [1.807, 2.05) is 42.5 Å². The second-order valence-electron chi connectivity index (χ2n) is 5.62. The van der Waals surface area contributed by atoms with Crippen LogP contribution in [0.4, 0.5) is 0 Å². The van der Waals surface area contributed by atoms with Crippen molar-refractivity contribution in [3.05, 3.63) is 35.3 Å². The summed E-state index contributed by atoms with van der Waals surface area (Å²) in [5.41, 5.74) is 0. The van der Waals surface area contributed by atoms with Crippen LogP contribution in [0.15, 0.2) is 16.5 Å². The molecule has 2 aromatic rings. The van der Waals surface area contributed by atoms with E-state index in [4.69, 9.17) is 4.42 Å². The molecule has 1 amide bonds. The molecule has 0 spiro atoms. The summed E-state index contributed by atoms with van der Waals surface area (Å²) in [6, 6.07) is 4.12. The maximum Gasteiger partial charge on any atom is 0.223 e. The van der Waals surface area contributed by atoms with Crippen LogP contribution in [0, 0.1) is 20.8 Å². The molecule has 0 aliphatic carbocycles. The van der Waals surface area contributed by atoms with Crippen LogP contribution in [0.25, 0.3) is 0 Å². The van der Waals surface area contributed by atoms with Crippen LogP contribution in [-0.4, -0.2) is 38.7 Å². The summed E-state index contributed by atoms with van der Waals surface area (Å²) >= 11 is 0. The summed E-state index contributed by atoms with van der Waals surface area (Å²) in [5, 5.41) is 4.37. The van der Waals surface area contributed by atoms with Crippen molar-refractivity contribution in [3.8, 4) is 0 Å². The van der Waals surface area contributed by atoms with Gasteiger partial charge in [-0.2, -0.15) is 5.10 Å². The summed E-state index contributed by atoms with van der Waals surface area (Å²) in [5.74, 6) is 3.63. The summed E-state index contributed by atoms with van der Waals surface area (Å²) in [6.07, 6.45) is 1.16. The SMILES string of the molecule is Cc1nc(C)n(C2CN(C(=O)CCc3ccc(C)o3)C2)n1. The Labute approximate surface area is 123 Å². The molecule has 2 aromatic heterocycles. The van der Waals surface area contributed by atoms with Crippen LogP contribution in [-0.2, 0) is 11.2 Å². The van der Waals surface area contributed by atoms with Crippen molar-refractivity contribution >= 4 is 5.91 Å². The highest BCUT2D eigenvalue weighted by molar-refractivity contribution is 5.77. The molecule has 0 radical (unpaired) electrons. The number of carbonyl (C=O) groups excluding carboxylic acids is 1. The van der Waals surface area contributed by atoms with Gasteiger partial charge in [-0.3, -0.25) is 4.79 Å². The highest BCUT2D eigenvalue weighted by atomic mass is 16.3. The lowest BCUT2D eigenvalue weighted by Crippen LogP contribution is -2.51. The van der Waals surface area contributed by atoms with Gasteiger partial charge in [-0.1, -0.05) is 0 Å². The van der Waals surface area contributed by atoms with E-state index in [0.717, 1.165) is 36.3 Å². The molecule has 0 atom stereocenters. The summed E-state index contributed by atoms with van der Waals surface area (Å²) in [4.78, 5) is 18.3. The molecular formula is C15H20N4O2. The first kappa shape index (κ1) is 13.9. The molecule has 6 nitrogen and oxygen atoms in total. The number of furan rings is 1. The fraction of sp³-hybridized carbons (Fsp3) is 0.533. The van der Waals surface area contributed by atoms with Crippen LogP contribution in [0.3, 0.4) is 0 Å². The van der Waals surface area contributed by atoms with Gasteiger partial charge in [0.2, 0.25) is 5.91 Å². The van der Waals surface area contributed by atoms with Gasteiger partial charge in [0.15, 0.2) is 0 Å². The predicted octanol–water partition coefficient (Wildman–Crippen LogP) is 1.81. The van der Waals surface area contributed by atoms with Crippen LogP contribution in [0.2, 0.25) is 0 Å². The van der Waals surface area contributed by atoms with Crippen molar-refractivity contribution in [3.63, 3.8) is 0 Å². The number of aryl methyl sites for hydroxylation is 4. The molecule has 1 aliphatic heterocycles. The zero-order chi connectivity index (χ0) is 15.0. The second kappa shape index (κ2) is 5.35. The molecule has 1 fully saturated rings. The molecular weight excluding hydrogens is 268 g/mol. The first-order valence-corrected chi connectivity index (χ1v) is 7.26. The van der Waals surface area contributed by atoms with E-state index in [1.165, 1.54) is 0 Å². The van der Waals surface area contributed by atoms with Gasteiger partial charge in [0.1, 0.15) is 23.2 Å². The molecule has 1 saturated heterocycles. The minimum Gasteiger partial charge on any atom is -0.466 e. The first-order chi connectivity index (χ1) is 10.0. The van der Waals surface area contributed by atoms with E-state index in [-0.39, 0.29) is 11.9 Å². The van der Waals surface area contributed by atoms with Crippen molar-refractivity contribution in [2.45, 2.75) is 39.7 Å². The lowest BCUT2D eigenvalue weighted by atomic mass is 10.1. The number of aromatic nitrogens is 3. The van der Waals surface area contributed by atoms with Crippen LogP contribution >= 0.6 is 0 Å². The van der Waals surface area contributed by atoms with Crippen LogP contribution < -0.4 is 0 Å². The maximum absolute atomic E-state index is 12.1. The van der Waals surface area contributed by atoms with Gasteiger partial charge in [0.05, 0.1) is 6.04 Å². The molecule has 0 unspecified atom stereocenters. The van der Waals surface area contributed by atoms with Crippen molar-refractivity contribution in [2.75, 3.05) is 13.1 Å². The molecule has 0 aromatic carbocycles. The largest absolute Gasteiger partial charge is 0.466 e. The predicted molar refractivity (Wildman–Crippen MR) is 76.9 cm³/mol. The summed E-state index contributed by atoms with van der Waals surface area (Å²) < 4.78 is 7.41. The molecule has 1 aliphatic rings. The summed E-state index contributed by atoms with van der Waals surface area (Å²) in [7, 11) is 0. The lowest BCUT2D eigenvalue weighted by Gasteiger charge is -2.39. The maximum atomic E-state index is 12.1. The minimum atomic E-state index is 0.176. The van der Waals surface area contributed by atoms with E-state index in [1.54, 1.807) is 0 Å². The van der Waals surface area contributed by atoms with Crippen molar-refractivity contribution in [1.82, 2.24) is 19.7 Å². The number of rotatable bonds is 4. The third-order valence-electron chi connectivity index (χ3n) is 3.85. The van der Waals surface area contributed by atoms with Gasteiger partial charge in [-0.25, -0.2) is 9.67 Å². The fourth-order valence-electron chi connectivity index (χ4n) is 2.70. The van der Waals surface area contributed by atoms with Gasteiger partial charge in [-0.05, 0) is 32.9 Å². The topological polar surface area (TPSA) is 64.2 Å². The van der Waals surface area contributed by atoms with Gasteiger partial charge in [0, 0.05) is 25.9 Å². The minimum absolute atomic E-state index is 0.176. The number of nitrogens with zero attached hydrogens (tertiary/aromatic N) is 4. The smallest absolute Gasteiger partial charge is 0.223 e. The summed E-state index contributed by atoms with van der Waals surface area (Å²) in [6.45, 7) is 7.19. The van der Waals surface area contributed by atoms with Gasteiger partial charge in [0.25, 0.3) is 0 Å².